The fourth-order valence-corrected chi connectivity index (χ4v) is 3.55. The van der Waals surface area contributed by atoms with Gasteiger partial charge in [-0.2, -0.15) is 0 Å². The van der Waals surface area contributed by atoms with E-state index < -0.39 is 5.97 Å². The average molecular weight is 339 g/mol. The van der Waals surface area contributed by atoms with E-state index in [9.17, 15) is 9.59 Å². The Kier molecular flexibility index (Phi) is 5.41. The first kappa shape index (κ1) is 17.9. The summed E-state index contributed by atoms with van der Waals surface area (Å²) in [6.07, 6.45) is 1.59. The highest BCUT2D eigenvalue weighted by Crippen LogP contribution is 2.27. The molecule has 1 fully saturated rings. The van der Waals surface area contributed by atoms with Crippen molar-refractivity contribution in [2.45, 2.75) is 58.0 Å². The van der Waals surface area contributed by atoms with Crippen molar-refractivity contribution in [2.75, 3.05) is 13.1 Å². The Labute approximate surface area is 140 Å². The van der Waals surface area contributed by atoms with Crippen LogP contribution in [-0.2, 0) is 10.2 Å². The molecule has 0 spiro atoms. The Morgan fingerprint density at radius 2 is 2.09 bits per heavy atom. The maximum absolute atomic E-state index is 12.2. The number of carbonyl (C=O) groups is 2. The van der Waals surface area contributed by atoms with E-state index in [2.05, 4.69) is 31.1 Å². The molecule has 0 bridgehead atoms. The number of aromatic nitrogens is 1. The first-order chi connectivity index (χ1) is 10.7. The van der Waals surface area contributed by atoms with Crippen molar-refractivity contribution in [1.82, 2.24) is 15.2 Å². The third kappa shape index (κ3) is 4.51. The topological polar surface area (TPSA) is 82.5 Å². The fourth-order valence-electron chi connectivity index (χ4n) is 2.66. The molecule has 0 saturated heterocycles. The fraction of sp³-hybridized carbons (Fsp3) is 0.688. The lowest BCUT2D eigenvalue weighted by Gasteiger charge is -2.42. The van der Waals surface area contributed by atoms with Crippen molar-refractivity contribution in [3.63, 3.8) is 0 Å². The zero-order chi connectivity index (χ0) is 17.2. The van der Waals surface area contributed by atoms with Gasteiger partial charge in [0.05, 0.1) is 11.6 Å². The normalized spacial score (nSPS) is 21.1. The van der Waals surface area contributed by atoms with Crippen molar-refractivity contribution >= 4 is 23.2 Å². The van der Waals surface area contributed by atoms with Gasteiger partial charge in [-0.1, -0.05) is 27.7 Å². The summed E-state index contributed by atoms with van der Waals surface area (Å²) < 4.78 is 0. The van der Waals surface area contributed by atoms with Crippen LogP contribution in [0.4, 0.5) is 0 Å². The molecule has 0 aromatic carbocycles. The van der Waals surface area contributed by atoms with Crippen LogP contribution >= 0.6 is 11.3 Å². The zero-order valence-electron chi connectivity index (χ0n) is 14.1. The summed E-state index contributed by atoms with van der Waals surface area (Å²) >= 11 is 1.51. The second-order valence-electron chi connectivity index (χ2n) is 7.04. The van der Waals surface area contributed by atoms with Gasteiger partial charge in [0.2, 0.25) is 0 Å². The van der Waals surface area contributed by atoms with Crippen molar-refractivity contribution in [3.05, 3.63) is 16.1 Å². The summed E-state index contributed by atoms with van der Waals surface area (Å²) in [6, 6.07) is 0.345. The number of rotatable bonds is 6. The van der Waals surface area contributed by atoms with Gasteiger partial charge >= 0.3 is 5.97 Å². The molecule has 1 amide bonds. The minimum absolute atomic E-state index is 0.0524. The lowest BCUT2D eigenvalue weighted by Crippen LogP contribution is -2.54. The number of nitrogens with one attached hydrogen (secondary N) is 1. The Bertz CT molecular complexity index is 573. The predicted octanol–water partition coefficient (Wildman–Crippen LogP) is 2.11. The molecule has 0 unspecified atom stereocenters. The molecule has 1 aromatic heterocycles. The van der Waals surface area contributed by atoms with Gasteiger partial charge < -0.3 is 10.4 Å². The second-order valence-corrected chi connectivity index (χ2v) is 7.90. The number of amides is 1. The molecular weight excluding hydrogens is 314 g/mol. The SMILES string of the molecule is CCN(CC(=O)O)C1CC(NC(=O)c2csc(C(C)(C)C)n2)C1. The minimum atomic E-state index is -0.809. The van der Waals surface area contributed by atoms with E-state index in [-0.39, 0.29) is 30.0 Å². The number of carboxylic acid groups (broad SMARTS) is 1. The summed E-state index contributed by atoms with van der Waals surface area (Å²) in [6.45, 7) is 8.95. The van der Waals surface area contributed by atoms with Gasteiger partial charge in [0.25, 0.3) is 5.91 Å². The van der Waals surface area contributed by atoms with Gasteiger partial charge in [-0.15, -0.1) is 11.3 Å². The maximum Gasteiger partial charge on any atom is 0.317 e. The lowest BCUT2D eigenvalue weighted by atomic mass is 9.85. The largest absolute Gasteiger partial charge is 0.480 e. The van der Waals surface area contributed by atoms with Gasteiger partial charge in [-0.3, -0.25) is 14.5 Å². The van der Waals surface area contributed by atoms with Crippen molar-refractivity contribution < 1.29 is 14.7 Å². The average Bonchev–Trinajstić information content (AvgIpc) is 2.89. The zero-order valence-corrected chi connectivity index (χ0v) is 14.9. The number of likely N-dealkylation sites (N-methyl/N-ethyl adjacent to an activating group) is 1. The lowest BCUT2D eigenvalue weighted by molar-refractivity contribution is -0.139. The molecule has 0 radical (unpaired) electrons. The van der Waals surface area contributed by atoms with E-state index in [1.807, 2.05) is 11.8 Å². The van der Waals surface area contributed by atoms with Crippen molar-refractivity contribution in [1.29, 1.82) is 0 Å². The molecule has 23 heavy (non-hydrogen) atoms. The highest BCUT2D eigenvalue weighted by atomic mass is 32.1. The molecule has 7 heteroatoms. The Balaban J connectivity index is 1.84. The van der Waals surface area contributed by atoms with Crippen LogP contribution in [0, 0.1) is 0 Å². The number of nitrogens with zero attached hydrogens (tertiary/aromatic N) is 2. The molecule has 6 nitrogen and oxygen atoms in total. The summed E-state index contributed by atoms with van der Waals surface area (Å²) in [5, 5.41) is 14.6. The van der Waals surface area contributed by atoms with Crippen molar-refractivity contribution in [2.24, 2.45) is 0 Å². The minimum Gasteiger partial charge on any atom is -0.480 e. The van der Waals surface area contributed by atoms with Crippen LogP contribution in [0.3, 0.4) is 0 Å². The van der Waals surface area contributed by atoms with Gasteiger partial charge in [0, 0.05) is 22.9 Å². The molecule has 1 saturated carbocycles. The number of aliphatic carboxylic acids is 1. The van der Waals surface area contributed by atoms with Crippen molar-refractivity contribution in [3.8, 4) is 0 Å². The van der Waals surface area contributed by atoms with Crippen LogP contribution in [0.1, 0.15) is 56.0 Å². The summed E-state index contributed by atoms with van der Waals surface area (Å²) in [5.74, 6) is -0.946. The molecule has 2 N–H and O–H groups in total. The highest BCUT2D eigenvalue weighted by Gasteiger charge is 2.35. The first-order valence-electron chi connectivity index (χ1n) is 7.93. The van der Waals surface area contributed by atoms with E-state index in [0.29, 0.717) is 12.2 Å². The quantitative estimate of drug-likeness (QED) is 0.829. The summed E-state index contributed by atoms with van der Waals surface area (Å²) in [7, 11) is 0. The molecule has 0 aliphatic heterocycles. The van der Waals surface area contributed by atoms with Crippen LogP contribution in [0.25, 0.3) is 0 Å². The number of hydrogen-bond donors (Lipinski definition) is 2. The number of carboxylic acids is 1. The molecule has 2 rings (SSSR count). The Morgan fingerprint density at radius 3 is 2.57 bits per heavy atom. The van der Waals surface area contributed by atoms with Gasteiger partial charge in [-0.25, -0.2) is 4.98 Å². The Hall–Kier alpha value is -1.47. The van der Waals surface area contributed by atoms with Crippen LogP contribution < -0.4 is 5.32 Å². The van der Waals surface area contributed by atoms with Gasteiger partial charge in [0.15, 0.2) is 0 Å². The molecule has 1 aromatic rings. The number of carbonyl (C=O) groups excluding carboxylic acids is 1. The Morgan fingerprint density at radius 1 is 1.43 bits per heavy atom. The monoisotopic (exact) mass is 339 g/mol. The van der Waals surface area contributed by atoms with Crippen LogP contribution in [0.2, 0.25) is 0 Å². The molecule has 1 aliphatic rings. The predicted molar refractivity (Wildman–Crippen MR) is 90.0 cm³/mol. The molecule has 1 aliphatic carbocycles. The van der Waals surface area contributed by atoms with E-state index >= 15 is 0 Å². The third-order valence-electron chi connectivity index (χ3n) is 4.09. The molecule has 128 valence electrons. The van der Waals surface area contributed by atoms with Crippen LogP contribution in [0.5, 0.6) is 0 Å². The van der Waals surface area contributed by atoms with Gasteiger partial charge in [-0.05, 0) is 19.4 Å². The standard InChI is InChI=1S/C16H25N3O3S/c1-5-19(8-13(20)21)11-6-10(7-11)17-14(22)12-9-23-15(18-12)16(2,3)4/h9-11H,5-8H2,1-4H3,(H,17,22)(H,20,21). The molecular formula is C16H25N3O3S. The smallest absolute Gasteiger partial charge is 0.317 e. The van der Waals surface area contributed by atoms with E-state index in [1.54, 1.807) is 5.38 Å². The van der Waals surface area contributed by atoms with Gasteiger partial charge in [0.1, 0.15) is 5.69 Å². The highest BCUT2D eigenvalue weighted by molar-refractivity contribution is 7.10. The summed E-state index contributed by atoms with van der Waals surface area (Å²) in [5.41, 5.74) is 0.421. The first-order valence-corrected chi connectivity index (χ1v) is 8.81. The maximum atomic E-state index is 12.2. The summed E-state index contributed by atoms with van der Waals surface area (Å²) in [4.78, 5) is 29.4. The third-order valence-corrected chi connectivity index (χ3v) is 5.36. The van der Waals surface area contributed by atoms with Crippen LogP contribution in [-0.4, -0.2) is 52.0 Å². The second kappa shape index (κ2) is 6.97. The number of hydrogen-bond acceptors (Lipinski definition) is 5. The van der Waals surface area contributed by atoms with E-state index in [0.717, 1.165) is 17.8 Å². The van der Waals surface area contributed by atoms with E-state index in [1.165, 1.54) is 11.3 Å². The van der Waals surface area contributed by atoms with Crippen LogP contribution in [0.15, 0.2) is 5.38 Å². The molecule has 0 atom stereocenters. The number of thiazole rings is 1. The van der Waals surface area contributed by atoms with E-state index in [4.69, 9.17) is 5.11 Å². The molecule has 1 heterocycles.